The summed E-state index contributed by atoms with van der Waals surface area (Å²) in [7, 11) is 1.44. The summed E-state index contributed by atoms with van der Waals surface area (Å²) in [6.45, 7) is 5.07. The molecule has 7 aromatic rings. The minimum absolute atomic E-state index is 0.117. The number of anilines is 3. The number of rotatable bonds is 12. The third kappa shape index (κ3) is 14.5. The number of nitrogens with two attached hydrogens (primary N) is 2. The maximum atomic E-state index is 11.3. The number of ether oxygens (including phenoxy) is 3. The number of imidazole rings is 1. The second-order valence-corrected chi connectivity index (χ2v) is 13.5. The van der Waals surface area contributed by atoms with E-state index in [2.05, 4.69) is 24.1 Å². The minimum Gasteiger partial charge on any atom is -0.496 e. The number of fused-ring (bicyclic) bond motifs is 1. The maximum absolute atomic E-state index is 11.3. The number of halogens is 3. The normalized spacial score (nSPS) is 10.4. The second kappa shape index (κ2) is 23.1. The highest BCUT2D eigenvalue weighted by Gasteiger charge is 2.38. The van der Waals surface area contributed by atoms with Crippen LogP contribution in [0.15, 0.2) is 140 Å². The summed E-state index contributed by atoms with van der Waals surface area (Å²) in [6.07, 6.45) is -3.83. The SMILES string of the molecule is CCC.COc1ccc(CNc2cc(Oc3ccccc3)ccc2N)cc1C(=O)O.Nc1nc2ccc(Oc3ccccc3)cc2n1Cc1cccc(C(=O)O)c1.O=C(O)C(F)(F)F. The number of hydrogen-bond donors (Lipinski definition) is 6. The number of aliphatic carboxylic acids is 1. The zero-order chi connectivity index (χ0) is 46.8. The lowest BCUT2D eigenvalue weighted by Crippen LogP contribution is -2.21. The van der Waals surface area contributed by atoms with E-state index < -0.39 is 24.1 Å². The summed E-state index contributed by atoms with van der Waals surface area (Å²) in [5, 5.41) is 28.8. The summed E-state index contributed by atoms with van der Waals surface area (Å²) in [6, 6.07) is 41.7. The number of nitrogens with one attached hydrogen (secondary N) is 1. The van der Waals surface area contributed by atoms with Gasteiger partial charge in [-0.2, -0.15) is 13.2 Å². The van der Waals surface area contributed by atoms with Crippen LogP contribution in [0.25, 0.3) is 11.0 Å². The predicted octanol–water partition coefficient (Wildman–Crippen LogP) is 10.6. The van der Waals surface area contributed by atoms with Crippen LogP contribution in [0.1, 0.15) is 52.1 Å². The Morgan fingerprint density at radius 1 is 0.688 bits per heavy atom. The van der Waals surface area contributed by atoms with E-state index >= 15 is 0 Å². The Morgan fingerprint density at radius 3 is 1.81 bits per heavy atom. The van der Waals surface area contributed by atoms with Crippen molar-refractivity contribution in [2.75, 3.05) is 23.9 Å². The molecule has 14 nitrogen and oxygen atoms in total. The molecule has 0 fully saturated rings. The molecule has 0 spiro atoms. The molecule has 1 aromatic heterocycles. The molecule has 0 unspecified atom stereocenters. The molecule has 334 valence electrons. The third-order valence-electron chi connectivity index (χ3n) is 8.47. The molecule has 0 aliphatic heterocycles. The molecule has 1 heterocycles. The number of carboxylic acid groups (broad SMARTS) is 3. The van der Waals surface area contributed by atoms with Gasteiger partial charge in [-0.05, 0) is 83.9 Å². The van der Waals surface area contributed by atoms with Gasteiger partial charge in [0.15, 0.2) is 0 Å². The van der Waals surface area contributed by atoms with E-state index in [1.807, 2.05) is 95.6 Å². The van der Waals surface area contributed by atoms with E-state index in [9.17, 15) is 33.0 Å². The molecular formula is C47H46F3N5O9. The van der Waals surface area contributed by atoms with Crippen molar-refractivity contribution in [1.82, 2.24) is 9.55 Å². The highest BCUT2D eigenvalue weighted by atomic mass is 19.4. The number of nitrogens with zero attached hydrogens (tertiary/aromatic N) is 2. The van der Waals surface area contributed by atoms with Crippen LogP contribution >= 0.6 is 0 Å². The predicted molar refractivity (Wildman–Crippen MR) is 237 cm³/mol. The van der Waals surface area contributed by atoms with Crippen molar-refractivity contribution in [2.45, 2.75) is 39.5 Å². The van der Waals surface area contributed by atoms with Gasteiger partial charge < -0.3 is 50.9 Å². The molecule has 64 heavy (non-hydrogen) atoms. The standard InChI is InChI=1S/C21H17N3O3.C21H20N2O4.C3H8.C2HF3O2/c22-21-23-18-10-9-17(27-16-7-2-1-3-8-16)12-19(18)24(21)13-14-5-4-6-15(11-14)20(25)26;1-26-20-10-7-14(11-17(20)21(24)25)13-23-19-12-16(8-9-18(19)22)27-15-5-3-2-4-6-15;1-3-2;3-2(4,5)1(6)7/h1-12H,13H2,(H2,22,23)(H,25,26);2-12,23H,13,22H2,1H3,(H,24,25);3H2,1-2H3;(H,6,7). The van der Waals surface area contributed by atoms with Crippen LogP contribution < -0.4 is 31.0 Å². The number of aromatic carboxylic acids is 2. The Labute approximate surface area is 366 Å². The van der Waals surface area contributed by atoms with E-state index in [0.717, 1.165) is 33.7 Å². The Kier molecular flexibility index (Phi) is 17.5. The number of para-hydroxylation sites is 2. The minimum atomic E-state index is -5.08. The van der Waals surface area contributed by atoms with Gasteiger partial charge in [-0.1, -0.05) is 74.9 Å². The lowest BCUT2D eigenvalue weighted by Gasteiger charge is -2.13. The Bertz CT molecular complexity index is 2640. The van der Waals surface area contributed by atoms with Crippen LogP contribution in [0.4, 0.5) is 30.5 Å². The van der Waals surface area contributed by atoms with Crippen molar-refractivity contribution < 1.29 is 57.1 Å². The highest BCUT2D eigenvalue weighted by Crippen LogP contribution is 2.30. The van der Waals surface area contributed by atoms with Crippen LogP contribution in [0.5, 0.6) is 28.7 Å². The lowest BCUT2D eigenvalue weighted by atomic mass is 10.1. The fourth-order valence-electron chi connectivity index (χ4n) is 5.57. The van der Waals surface area contributed by atoms with Crippen molar-refractivity contribution in [1.29, 1.82) is 0 Å². The van der Waals surface area contributed by atoms with Gasteiger partial charge in [0.25, 0.3) is 0 Å². The number of aromatic nitrogens is 2. The van der Waals surface area contributed by atoms with Crippen LogP contribution in [0.3, 0.4) is 0 Å². The average molecular weight is 882 g/mol. The van der Waals surface area contributed by atoms with Gasteiger partial charge in [0.1, 0.15) is 34.3 Å². The van der Waals surface area contributed by atoms with Crippen molar-refractivity contribution in [3.63, 3.8) is 0 Å². The van der Waals surface area contributed by atoms with Gasteiger partial charge in [-0.25, -0.2) is 19.4 Å². The Hall–Kier alpha value is -8.21. The number of alkyl halides is 3. The van der Waals surface area contributed by atoms with Gasteiger partial charge in [-0.3, -0.25) is 0 Å². The first kappa shape index (κ1) is 48.5. The molecule has 7 rings (SSSR count). The monoisotopic (exact) mass is 881 g/mol. The topological polar surface area (TPSA) is 221 Å². The largest absolute Gasteiger partial charge is 0.496 e. The van der Waals surface area contributed by atoms with E-state index in [-0.39, 0.29) is 11.1 Å². The summed E-state index contributed by atoms with van der Waals surface area (Å²) in [5.74, 6) is -1.27. The van der Waals surface area contributed by atoms with Crippen molar-refractivity contribution >= 4 is 46.3 Å². The van der Waals surface area contributed by atoms with Crippen LogP contribution in [-0.4, -0.2) is 56.1 Å². The highest BCUT2D eigenvalue weighted by molar-refractivity contribution is 5.91. The zero-order valence-electron chi connectivity index (χ0n) is 34.9. The zero-order valence-corrected chi connectivity index (χ0v) is 34.9. The second-order valence-electron chi connectivity index (χ2n) is 13.5. The first-order valence-corrected chi connectivity index (χ1v) is 19.4. The quantitative estimate of drug-likeness (QED) is 0.0630. The van der Waals surface area contributed by atoms with Crippen molar-refractivity contribution in [3.05, 3.63) is 162 Å². The summed E-state index contributed by atoms with van der Waals surface area (Å²) in [4.78, 5) is 35.8. The van der Waals surface area contributed by atoms with Gasteiger partial charge in [0.2, 0.25) is 5.95 Å². The molecule has 0 amide bonds. The molecule has 6 aromatic carbocycles. The number of nitrogen functional groups attached to an aromatic ring is 2. The van der Waals surface area contributed by atoms with Crippen LogP contribution in [-0.2, 0) is 17.9 Å². The lowest BCUT2D eigenvalue weighted by molar-refractivity contribution is -0.192. The number of carbonyl (C=O) groups is 3. The number of hydrogen-bond acceptors (Lipinski definition) is 10. The van der Waals surface area contributed by atoms with E-state index in [1.54, 1.807) is 48.5 Å². The molecule has 0 saturated heterocycles. The maximum Gasteiger partial charge on any atom is 0.490 e. The summed E-state index contributed by atoms with van der Waals surface area (Å²) < 4.78 is 50.4. The summed E-state index contributed by atoms with van der Waals surface area (Å²) >= 11 is 0. The molecule has 0 bridgehead atoms. The van der Waals surface area contributed by atoms with Crippen LogP contribution in [0, 0.1) is 0 Å². The van der Waals surface area contributed by atoms with Gasteiger partial charge in [0.05, 0.1) is 41.6 Å². The fraction of sp³-hybridized carbons (Fsp3) is 0.149. The van der Waals surface area contributed by atoms with E-state index in [1.165, 1.54) is 13.5 Å². The van der Waals surface area contributed by atoms with Gasteiger partial charge in [-0.15, -0.1) is 0 Å². The van der Waals surface area contributed by atoms with E-state index in [4.69, 9.17) is 35.6 Å². The smallest absolute Gasteiger partial charge is 0.490 e. The number of methoxy groups -OCH3 is 1. The van der Waals surface area contributed by atoms with Crippen molar-refractivity contribution in [3.8, 4) is 28.7 Å². The number of carboxylic acids is 3. The molecule has 0 atom stereocenters. The van der Waals surface area contributed by atoms with Crippen molar-refractivity contribution in [2.24, 2.45) is 0 Å². The molecule has 0 aliphatic carbocycles. The van der Waals surface area contributed by atoms with Gasteiger partial charge in [0, 0.05) is 18.7 Å². The first-order valence-electron chi connectivity index (χ1n) is 19.4. The average Bonchev–Trinajstić information content (AvgIpc) is 3.58. The molecule has 0 aliphatic rings. The molecule has 8 N–H and O–H groups in total. The molecular weight excluding hydrogens is 836 g/mol. The summed E-state index contributed by atoms with van der Waals surface area (Å²) in [5.41, 5.74) is 17.0. The van der Waals surface area contributed by atoms with E-state index in [0.29, 0.717) is 47.7 Å². The number of benzene rings is 6. The third-order valence-corrected chi connectivity index (χ3v) is 8.47. The van der Waals surface area contributed by atoms with Crippen LogP contribution in [0.2, 0.25) is 0 Å². The molecule has 0 radical (unpaired) electrons. The Balaban J connectivity index is 0.000000232. The first-order chi connectivity index (χ1) is 30.5. The van der Waals surface area contributed by atoms with Gasteiger partial charge >= 0.3 is 24.1 Å². The fourth-order valence-corrected chi connectivity index (χ4v) is 5.57. The Morgan fingerprint density at radius 2 is 1.27 bits per heavy atom. The molecule has 0 saturated carbocycles. The molecule has 17 heteroatoms.